The van der Waals surface area contributed by atoms with Crippen LogP contribution in [-0.2, 0) is 9.53 Å². The molecule has 1 amide bonds. The Balaban J connectivity index is 1.65. The number of amides is 1. The van der Waals surface area contributed by atoms with Crippen molar-refractivity contribution >= 4 is 51.8 Å². The first-order valence-corrected chi connectivity index (χ1v) is 9.85. The lowest BCUT2D eigenvalue weighted by atomic mass is 10.3. The number of ether oxygens (including phenoxy) is 1. The lowest BCUT2D eigenvalue weighted by Crippen LogP contribution is -2.29. The molecule has 8 heteroatoms. The fourth-order valence-electron chi connectivity index (χ4n) is 2.14. The number of thiazole rings is 1. The summed E-state index contributed by atoms with van der Waals surface area (Å²) in [7, 11) is 0. The summed E-state index contributed by atoms with van der Waals surface area (Å²) in [4.78, 5) is 29.4. The third kappa shape index (κ3) is 4.30. The molecule has 0 bridgehead atoms. The van der Waals surface area contributed by atoms with E-state index >= 15 is 0 Å². The fraction of sp³-hybridized carbons (Fsp3) is 0.167. The Labute approximate surface area is 163 Å². The van der Waals surface area contributed by atoms with Crippen LogP contribution in [0.15, 0.2) is 41.1 Å². The molecule has 0 aliphatic heterocycles. The second-order valence-corrected chi connectivity index (χ2v) is 7.70. The summed E-state index contributed by atoms with van der Waals surface area (Å²) in [6.07, 6.45) is -0.940. The Bertz CT molecular complexity index is 921. The van der Waals surface area contributed by atoms with E-state index in [1.54, 1.807) is 42.5 Å². The van der Waals surface area contributed by atoms with Crippen molar-refractivity contribution in [3.63, 3.8) is 0 Å². The molecule has 26 heavy (non-hydrogen) atoms. The van der Waals surface area contributed by atoms with Crippen LogP contribution >= 0.6 is 34.3 Å². The van der Waals surface area contributed by atoms with E-state index in [2.05, 4.69) is 10.3 Å². The Morgan fingerprint density at radius 1 is 1.23 bits per heavy atom. The van der Waals surface area contributed by atoms with Gasteiger partial charge in [0.25, 0.3) is 5.91 Å². The number of nitrogens with zero attached hydrogens (tertiary/aromatic N) is 1. The number of thiophene rings is 1. The Morgan fingerprint density at radius 2 is 1.96 bits per heavy atom. The van der Waals surface area contributed by atoms with E-state index in [9.17, 15) is 9.59 Å². The van der Waals surface area contributed by atoms with Gasteiger partial charge in [-0.15, -0.1) is 11.3 Å². The van der Waals surface area contributed by atoms with Gasteiger partial charge in [0.1, 0.15) is 9.88 Å². The molecule has 1 N–H and O–H groups in total. The second-order valence-electron chi connectivity index (χ2n) is 5.49. The molecule has 0 spiro atoms. The summed E-state index contributed by atoms with van der Waals surface area (Å²) in [5, 5.41) is 7.93. The summed E-state index contributed by atoms with van der Waals surface area (Å²) in [5.41, 5.74) is 2.14. The highest BCUT2D eigenvalue weighted by atomic mass is 35.5. The van der Waals surface area contributed by atoms with Crippen LogP contribution in [0.2, 0.25) is 5.02 Å². The summed E-state index contributed by atoms with van der Waals surface area (Å²) in [6.45, 7) is 3.28. The van der Waals surface area contributed by atoms with Crippen LogP contribution in [-0.4, -0.2) is 23.0 Å². The first kappa shape index (κ1) is 18.6. The summed E-state index contributed by atoms with van der Waals surface area (Å²) < 4.78 is 5.30. The molecule has 0 fully saturated rings. The Hall–Kier alpha value is -2.22. The highest BCUT2D eigenvalue weighted by Crippen LogP contribution is 2.30. The lowest BCUT2D eigenvalue weighted by Gasteiger charge is -2.13. The maximum atomic E-state index is 12.4. The van der Waals surface area contributed by atoms with Crippen LogP contribution in [0, 0.1) is 6.92 Å². The van der Waals surface area contributed by atoms with Crippen molar-refractivity contribution in [2.24, 2.45) is 0 Å². The number of carbonyl (C=O) groups excluding carboxylic acids is 2. The van der Waals surface area contributed by atoms with Gasteiger partial charge in [0.15, 0.2) is 6.10 Å². The van der Waals surface area contributed by atoms with E-state index in [1.165, 1.54) is 18.3 Å². The Morgan fingerprint density at radius 3 is 2.62 bits per heavy atom. The number of benzene rings is 1. The average Bonchev–Trinajstić information content (AvgIpc) is 3.26. The number of hydrogen-bond acceptors (Lipinski definition) is 6. The third-order valence-corrected chi connectivity index (χ3v) is 5.64. The van der Waals surface area contributed by atoms with Crippen LogP contribution in [0.25, 0.3) is 10.6 Å². The molecule has 1 atom stereocenters. The topological polar surface area (TPSA) is 68.3 Å². The van der Waals surface area contributed by atoms with E-state index in [1.807, 2.05) is 16.8 Å². The van der Waals surface area contributed by atoms with Crippen molar-refractivity contribution in [1.82, 2.24) is 4.98 Å². The normalized spacial score (nSPS) is 11.8. The molecular weight excluding hydrogens is 392 g/mol. The van der Waals surface area contributed by atoms with E-state index < -0.39 is 18.0 Å². The zero-order chi connectivity index (χ0) is 18.7. The molecule has 3 rings (SSSR count). The van der Waals surface area contributed by atoms with E-state index in [-0.39, 0.29) is 0 Å². The molecule has 0 radical (unpaired) electrons. The van der Waals surface area contributed by atoms with Gasteiger partial charge in [0, 0.05) is 21.7 Å². The smallest absolute Gasteiger partial charge is 0.351 e. The van der Waals surface area contributed by atoms with Crippen LogP contribution in [0.4, 0.5) is 5.69 Å². The van der Waals surface area contributed by atoms with Crippen molar-refractivity contribution in [3.05, 3.63) is 56.7 Å². The molecule has 1 aromatic carbocycles. The largest absolute Gasteiger partial charge is 0.448 e. The maximum absolute atomic E-state index is 12.4. The minimum Gasteiger partial charge on any atom is -0.448 e. The van der Waals surface area contributed by atoms with E-state index in [0.29, 0.717) is 21.3 Å². The molecular formula is C18H15ClN2O3S2. The molecule has 3 aromatic rings. The Kier molecular flexibility index (Phi) is 5.70. The average molecular weight is 407 g/mol. The van der Waals surface area contributed by atoms with Gasteiger partial charge >= 0.3 is 5.97 Å². The van der Waals surface area contributed by atoms with Crippen LogP contribution in [0.5, 0.6) is 0 Å². The van der Waals surface area contributed by atoms with Gasteiger partial charge in [0.2, 0.25) is 0 Å². The minimum absolute atomic E-state index is 0.400. The molecule has 0 saturated carbocycles. The first-order valence-electron chi connectivity index (χ1n) is 7.71. The monoisotopic (exact) mass is 406 g/mol. The number of halogens is 1. The number of anilines is 1. The summed E-state index contributed by atoms with van der Waals surface area (Å²) in [6, 6.07) is 8.63. The van der Waals surface area contributed by atoms with Gasteiger partial charge in [-0.3, -0.25) is 4.79 Å². The SMILES string of the molecule is Cc1nc(-c2ccsc2)sc1C(=O)OC(C)C(=O)Nc1ccc(Cl)cc1. The van der Waals surface area contributed by atoms with Crippen LogP contribution in [0.3, 0.4) is 0 Å². The molecule has 2 aromatic heterocycles. The molecule has 134 valence electrons. The van der Waals surface area contributed by atoms with Gasteiger partial charge < -0.3 is 10.1 Å². The molecule has 1 unspecified atom stereocenters. The summed E-state index contributed by atoms with van der Waals surface area (Å²) in [5.74, 6) is -0.971. The third-order valence-electron chi connectivity index (χ3n) is 3.51. The quantitative estimate of drug-likeness (QED) is 0.604. The van der Waals surface area contributed by atoms with Crippen molar-refractivity contribution in [3.8, 4) is 10.6 Å². The number of aromatic nitrogens is 1. The fourth-order valence-corrected chi connectivity index (χ4v) is 3.93. The van der Waals surface area contributed by atoms with Gasteiger partial charge in [-0.25, -0.2) is 9.78 Å². The van der Waals surface area contributed by atoms with E-state index in [4.69, 9.17) is 16.3 Å². The first-order chi connectivity index (χ1) is 12.4. The van der Waals surface area contributed by atoms with Gasteiger partial charge in [-0.2, -0.15) is 11.3 Å². The number of nitrogens with one attached hydrogen (secondary N) is 1. The number of hydrogen-bond donors (Lipinski definition) is 1. The minimum atomic E-state index is -0.940. The molecule has 0 saturated heterocycles. The van der Waals surface area contributed by atoms with Gasteiger partial charge in [-0.1, -0.05) is 11.6 Å². The predicted octanol–water partition coefficient (Wildman–Crippen LogP) is 5.02. The number of carbonyl (C=O) groups is 2. The van der Waals surface area contributed by atoms with Crippen LogP contribution in [0.1, 0.15) is 22.3 Å². The highest BCUT2D eigenvalue weighted by Gasteiger charge is 2.23. The number of aryl methyl sites for hydroxylation is 1. The van der Waals surface area contributed by atoms with Crippen molar-refractivity contribution in [2.75, 3.05) is 5.32 Å². The van der Waals surface area contributed by atoms with Gasteiger partial charge in [0.05, 0.1) is 5.69 Å². The zero-order valence-corrected chi connectivity index (χ0v) is 16.4. The summed E-state index contributed by atoms with van der Waals surface area (Å²) >= 11 is 8.64. The molecule has 0 aliphatic rings. The molecule has 2 heterocycles. The second kappa shape index (κ2) is 7.99. The van der Waals surface area contributed by atoms with Crippen molar-refractivity contribution in [2.45, 2.75) is 20.0 Å². The standard InChI is InChI=1S/C18H15ClN2O3S2/c1-10-15(26-17(20-10)12-7-8-25-9-12)18(23)24-11(2)16(22)21-14-5-3-13(19)4-6-14/h3-9,11H,1-2H3,(H,21,22). The molecule has 5 nitrogen and oxygen atoms in total. The lowest BCUT2D eigenvalue weighted by molar-refractivity contribution is -0.123. The predicted molar refractivity (Wildman–Crippen MR) is 105 cm³/mol. The zero-order valence-electron chi connectivity index (χ0n) is 14.0. The number of rotatable bonds is 5. The maximum Gasteiger partial charge on any atom is 0.351 e. The van der Waals surface area contributed by atoms with E-state index in [0.717, 1.165) is 10.6 Å². The van der Waals surface area contributed by atoms with Crippen molar-refractivity contribution < 1.29 is 14.3 Å². The highest BCUT2D eigenvalue weighted by molar-refractivity contribution is 7.17. The molecule has 0 aliphatic carbocycles. The van der Waals surface area contributed by atoms with Crippen LogP contribution < -0.4 is 5.32 Å². The number of esters is 1. The van der Waals surface area contributed by atoms with Crippen molar-refractivity contribution in [1.29, 1.82) is 0 Å². The van der Waals surface area contributed by atoms with Gasteiger partial charge in [-0.05, 0) is 49.6 Å².